The van der Waals surface area contributed by atoms with E-state index < -0.39 is 41.5 Å². The molecule has 1 fully saturated rings. The van der Waals surface area contributed by atoms with Crippen molar-refractivity contribution in [2.24, 2.45) is 21.5 Å². The number of rotatable bonds is 3. The molecule has 29 heavy (non-hydrogen) atoms. The highest BCUT2D eigenvalue weighted by Crippen LogP contribution is 2.44. The Kier molecular flexibility index (Phi) is 3.96. The molecule has 1 amide bonds. The molecule has 0 radical (unpaired) electrons. The quantitative estimate of drug-likeness (QED) is 0.255. The van der Waals surface area contributed by atoms with Gasteiger partial charge in [-0.3, -0.25) is 4.79 Å². The number of amides is 1. The normalized spacial score (nSPS) is 31.8. The van der Waals surface area contributed by atoms with Gasteiger partial charge in [0.2, 0.25) is 5.79 Å². The smallest absolute Gasteiger partial charge is 0.331 e. The molecule has 1 aromatic carbocycles. The first kappa shape index (κ1) is 19.0. The van der Waals surface area contributed by atoms with Crippen LogP contribution in [0.25, 0.3) is 0 Å². The molecular formula is C17H21N7O5. The average molecular weight is 403 g/mol. The van der Waals surface area contributed by atoms with E-state index in [1.807, 2.05) is 13.0 Å². The molecule has 4 atom stereocenters. The number of carboxylic acid groups (broad SMARTS) is 1. The number of benzene rings is 1. The zero-order valence-electron chi connectivity index (χ0n) is 15.4. The minimum Gasteiger partial charge on any atom is -0.480 e. The molecule has 9 N–H and O–H groups in total. The zero-order valence-corrected chi connectivity index (χ0v) is 15.4. The molecule has 3 aliphatic heterocycles. The number of aliphatic imine (C=N–C) groups is 2. The van der Waals surface area contributed by atoms with Crippen LogP contribution >= 0.6 is 0 Å². The maximum atomic E-state index is 12.7. The van der Waals surface area contributed by atoms with Gasteiger partial charge < -0.3 is 42.3 Å². The molecule has 3 heterocycles. The lowest BCUT2D eigenvalue weighted by Crippen LogP contribution is -2.78. The Balaban J connectivity index is 1.71. The van der Waals surface area contributed by atoms with Gasteiger partial charge in [-0.2, -0.15) is 0 Å². The predicted molar refractivity (Wildman–Crippen MR) is 101 cm³/mol. The number of carbonyl (C=O) groups excluding carboxylic acids is 1. The number of nitrogens with one attached hydrogen (secondary N) is 2. The lowest BCUT2D eigenvalue weighted by molar-refractivity contribution is -0.230. The van der Waals surface area contributed by atoms with Crippen molar-refractivity contribution in [2.45, 2.75) is 36.5 Å². The van der Waals surface area contributed by atoms with Crippen molar-refractivity contribution in [3.8, 4) is 0 Å². The molecule has 12 heteroatoms. The van der Waals surface area contributed by atoms with Crippen molar-refractivity contribution in [3.05, 3.63) is 35.4 Å². The Morgan fingerprint density at radius 2 is 2.03 bits per heavy atom. The highest BCUT2D eigenvalue weighted by Gasteiger charge is 2.74. The molecule has 154 valence electrons. The van der Waals surface area contributed by atoms with Gasteiger partial charge in [-0.05, 0) is 19.1 Å². The molecule has 0 unspecified atom stereocenters. The number of aliphatic carboxylic acids is 1. The number of nitrogens with two attached hydrogens (primary N) is 2. The average Bonchev–Trinajstić information content (AvgIpc) is 3.10. The van der Waals surface area contributed by atoms with Crippen LogP contribution in [0, 0.1) is 6.92 Å². The topological polar surface area (TPSA) is 199 Å². The summed E-state index contributed by atoms with van der Waals surface area (Å²) in [6, 6.07) is 2.77. The van der Waals surface area contributed by atoms with Crippen molar-refractivity contribution in [1.82, 2.24) is 15.5 Å². The Morgan fingerprint density at radius 3 is 2.69 bits per heavy atom. The molecule has 0 aliphatic carbocycles. The number of aliphatic hydroxyl groups is 2. The first-order chi connectivity index (χ1) is 13.6. The van der Waals surface area contributed by atoms with Crippen molar-refractivity contribution < 1.29 is 24.9 Å². The largest absolute Gasteiger partial charge is 0.480 e. The standard InChI is InChI=1S/C17H21N7O5/c1-7-3-2-4-8(5-7)12(25)20-9-6-24-15(19)21-10(13(26)27)11-16(24,17(9,28)29)23-14(18)22-11/h2-5,9-11,28-29H,6H2,1H3,(H2,19,21)(H,20,25)(H,26,27)(H3,18,22,23)/t9-,10+,11-,16-/m0/s1. The van der Waals surface area contributed by atoms with Crippen LogP contribution in [0.3, 0.4) is 0 Å². The van der Waals surface area contributed by atoms with Crippen LogP contribution in [0.4, 0.5) is 0 Å². The molecule has 0 aromatic heterocycles. The fourth-order valence-corrected chi connectivity index (χ4v) is 4.22. The minimum absolute atomic E-state index is 0.154. The van der Waals surface area contributed by atoms with E-state index in [-0.39, 0.29) is 18.5 Å². The van der Waals surface area contributed by atoms with Crippen molar-refractivity contribution in [2.75, 3.05) is 6.54 Å². The summed E-state index contributed by atoms with van der Waals surface area (Å²) >= 11 is 0. The number of nitrogens with zero attached hydrogens (tertiary/aromatic N) is 3. The second kappa shape index (κ2) is 6.06. The molecule has 3 aliphatic rings. The Bertz CT molecular complexity index is 961. The van der Waals surface area contributed by atoms with Gasteiger partial charge in [0.05, 0.1) is 0 Å². The summed E-state index contributed by atoms with van der Waals surface area (Å²) in [5.41, 5.74) is 11.0. The summed E-state index contributed by atoms with van der Waals surface area (Å²) < 4.78 is 0. The van der Waals surface area contributed by atoms with Gasteiger partial charge in [0, 0.05) is 12.1 Å². The molecule has 4 rings (SSSR count). The molecule has 1 saturated heterocycles. The van der Waals surface area contributed by atoms with Crippen LogP contribution in [0.1, 0.15) is 15.9 Å². The lowest BCUT2D eigenvalue weighted by atomic mass is 9.85. The number of carboxylic acids is 1. The Labute approximate surface area is 164 Å². The molecule has 0 bridgehead atoms. The van der Waals surface area contributed by atoms with Gasteiger partial charge in [0.25, 0.3) is 5.91 Å². The molecule has 0 saturated carbocycles. The van der Waals surface area contributed by atoms with Crippen molar-refractivity contribution >= 4 is 23.8 Å². The number of hydrogen-bond donors (Lipinski definition) is 7. The second-order valence-electron chi connectivity index (χ2n) is 7.35. The summed E-state index contributed by atoms with van der Waals surface area (Å²) in [6.45, 7) is 1.67. The van der Waals surface area contributed by atoms with Gasteiger partial charge in [-0.1, -0.05) is 17.7 Å². The monoisotopic (exact) mass is 403 g/mol. The third kappa shape index (κ3) is 2.53. The number of hydrogen-bond acceptors (Lipinski definition) is 10. The summed E-state index contributed by atoms with van der Waals surface area (Å²) in [4.78, 5) is 33.6. The van der Waals surface area contributed by atoms with E-state index in [1.165, 1.54) is 4.90 Å². The van der Waals surface area contributed by atoms with Gasteiger partial charge in [-0.25, -0.2) is 14.8 Å². The maximum absolute atomic E-state index is 12.7. The Hall–Kier alpha value is -3.38. The summed E-state index contributed by atoms with van der Waals surface area (Å²) in [7, 11) is 0. The van der Waals surface area contributed by atoms with Crippen LogP contribution in [0.5, 0.6) is 0 Å². The van der Waals surface area contributed by atoms with E-state index in [0.717, 1.165) is 5.56 Å². The van der Waals surface area contributed by atoms with Crippen molar-refractivity contribution in [3.63, 3.8) is 0 Å². The third-order valence-corrected chi connectivity index (χ3v) is 5.55. The summed E-state index contributed by atoms with van der Waals surface area (Å²) in [6.07, 6.45) is 0. The third-order valence-electron chi connectivity index (χ3n) is 5.55. The van der Waals surface area contributed by atoms with E-state index in [9.17, 15) is 24.9 Å². The van der Waals surface area contributed by atoms with E-state index in [0.29, 0.717) is 5.56 Å². The van der Waals surface area contributed by atoms with Crippen LogP contribution in [-0.4, -0.2) is 80.1 Å². The lowest BCUT2D eigenvalue weighted by Gasteiger charge is -2.48. The van der Waals surface area contributed by atoms with Crippen molar-refractivity contribution in [1.29, 1.82) is 0 Å². The van der Waals surface area contributed by atoms with Gasteiger partial charge >= 0.3 is 5.97 Å². The number of aryl methyl sites for hydroxylation is 1. The van der Waals surface area contributed by atoms with Crippen LogP contribution < -0.4 is 22.1 Å². The molecule has 12 nitrogen and oxygen atoms in total. The summed E-state index contributed by atoms with van der Waals surface area (Å²) in [5, 5.41) is 37.0. The van der Waals surface area contributed by atoms with E-state index in [2.05, 4.69) is 20.6 Å². The van der Waals surface area contributed by atoms with Crippen LogP contribution in [0.2, 0.25) is 0 Å². The fraction of sp³-hybridized carbons (Fsp3) is 0.412. The minimum atomic E-state index is -2.67. The van der Waals surface area contributed by atoms with E-state index >= 15 is 0 Å². The van der Waals surface area contributed by atoms with Gasteiger partial charge in [0.15, 0.2) is 23.6 Å². The number of carbonyl (C=O) groups is 2. The van der Waals surface area contributed by atoms with Gasteiger partial charge in [0.1, 0.15) is 12.1 Å². The molecular weight excluding hydrogens is 382 g/mol. The number of guanidine groups is 2. The maximum Gasteiger partial charge on any atom is 0.331 e. The predicted octanol–water partition coefficient (Wildman–Crippen LogP) is -3.15. The molecule has 1 spiro atoms. The summed E-state index contributed by atoms with van der Waals surface area (Å²) in [5.74, 6) is -4.97. The van der Waals surface area contributed by atoms with Gasteiger partial charge in [-0.15, -0.1) is 0 Å². The molecule has 1 aromatic rings. The zero-order chi connectivity index (χ0) is 21.1. The SMILES string of the molecule is Cc1cccc(C(=O)N[C@H]2CN3C(N)=N[C@@H](C(=O)O)[C@@H]4N=C(N)N[C@@]43C2(O)O)c1. The van der Waals surface area contributed by atoms with Crippen LogP contribution in [-0.2, 0) is 4.79 Å². The highest BCUT2D eigenvalue weighted by atomic mass is 16.5. The van der Waals surface area contributed by atoms with E-state index in [4.69, 9.17) is 11.5 Å². The van der Waals surface area contributed by atoms with E-state index in [1.54, 1.807) is 18.2 Å². The van der Waals surface area contributed by atoms with Crippen LogP contribution in [0.15, 0.2) is 34.3 Å². The Morgan fingerprint density at radius 1 is 1.31 bits per heavy atom. The highest BCUT2D eigenvalue weighted by molar-refractivity contribution is 5.95. The first-order valence-electron chi connectivity index (χ1n) is 8.85. The fourth-order valence-electron chi connectivity index (χ4n) is 4.22. The first-order valence-corrected chi connectivity index (χ1v) is 8.85. The second-order valence-corrected chi connectivity index (χ2v) is 7.35.